The zero-order chi connectivity index (χ0) is 14.8. The van der Waals surface area contributed by atoms with Crippen LogP contribution in [0.3, 0.4) is 0 Å². The summed E-state index contributed by atoms with van der Waals surface area (Å²) in [5.74, 6) is 0.794. The molecule has 0 bridgehead atoms. The first-order valence-electron chi connectivity index (χ1n) is 7.02. The van der Waals surface area contributed by atoms with E-state index in [0.717, 1.165) is 28.1 Å². The summed E-state index contributed by atoms with van der Waals surface area (Å²) in [6.07, 6.45) is 8.74. The van der Waals surface area contributed by atoms with Crippen molar-refractivity contribution < 1.29 is 0 Å². The highest BCUT2D eigenvalue weighted by atomic mass is 15.1. The van der Waals surface area contributed by atoms with Crippen LogP contribution in [0, 0.1) is 0 Å². The molecule has 4 aromatic rings. The Balaban J connectivity index is 1.70. The molecule has 22 heavy (non-hydrogen) atoms. The normalized spacial score (nSPS) is 10.9. The lowest BCUT2D eigenvalue weighted by molar-refractivity contribution is 0.782. The van der Waals surface area contributed by atoms with E-state index in [1.807, 2.05) is 35.0 Å². The third-order valence-corrected chi connectivity index (χ3v) is 3.50. The Kier molecular flexibility index (Phi) is 3.08. The van der Waals surface area contributed by atoms with Crippen LogP contribution >= 0.6 is 0 Å². The van der Waals surface area contributed by atoms with Crippen LogP contribution in [0.4, 0.5) is 0 Å². The molecule has 0 unspecified atom stereocenters. The van der Waals surface area contributed by atoms with Gasteiger partial charge in [0.2, 0.25) is 0 Å². The van der Waals surface area contributed by atoms with E-state index in [2.05, 4.69) is 27.1 Å². The van der Waals surface area contributed by atoms with Crippen LogP contribution in [-0.2, 0) is 6.54 Å². The van der Waals surface area contributed by atoms with Crippen molar-refractivity contribution in [2.75, 3.05) is 0 Å². The summed E-state index contributed by atoms with van der Waals surface area (Å²) in [4.78, 5) is 17.5. The van der Waals surface area contributed by atoms with Crippen molar-refractivity contribution in [3.05, 3.63) is 73.1 Å². The van der Waals surface area contributed by atoms with Gasteiger partial charge in [-0.05, 0) is 12.1 Å². The molecule has 0 aliphatic heterocycles. The zero-order valence-corrected chi connectivity index (χ0v) is 11.8. The van der Waals surface area contributed by atoms with Crippen molar-refractivity contribution in [3.63, 3.8) is 0 Å². The molecule has 5 heteroatoms. The van der Waals surface area contributed by atoms with Crippen LogP contribution in [-0.4, -0.2) is 24.5 Å². The summed E-state index contributed by atoms with van der Waals surface area (Å²) in [6.45, 7) is 0.650. The van der Waals surface area contributed by atoms with Gasteiger partial charge in [-0.1, -0.05) is 24.3 Å². The molecule has 0 N–H and O–H groups in total. The highest BCUT2D eigenvalue weighted by Crippen LogP contribution is 2.16. The molecule has 0 fully saturated rings. The predicted octanol–water partition coefficient (Wildman–Crippen LogP) is 2.94. The maximum absolute atomic E-state index is 4.70. The smallest absolute Gasteiger partial charge is 0.160 e. The van der Waals surface area contributed by atoms with E-state index in [1.165, 1.54) is 0 Å². The molecule has 0 aliphatic carbocycles. The summed E-state index contributed by atoms with van der Waals surface area (Å²) in [5.41, 5.74) is 2.75. The van der Waals surface area contributed by atoms with Gasteiger partial charge in [0.1, 0.15) is 5.69 Å². The molecular formula is C17H13N5. The number of hydrogen-bond donors (Lipinski definition) is 0. The average molecular weight is 287 g/mol. The standard InChI is InChI=1S/C17H13N5/c1-2-4-15-13(3-1)5-6-14(21-15)12-22-10-9-20-17(22)16-11-18-7-8-19-16/h1-11H,12H2. The monoisotopic (exact) mass is 287 g/mol. The first-order valence-corrected chi connectivity index (χ1v) is 7.02. The average Bonchev–Trinajstić information content (AvgIpc) is 3.04. The molecule has 0 aliphatic rings. The summed E-state index contributed by atoms with van der Waals surface area (Å²) >= 11 is 0. The van der Waals surface area contributed by atoms with E-state index in [9.17, 15) is 0 Å². The lowest BCUT2D eigenvalue weighted by Gasteiger charge is -2.07. The largest absolute Gasteiger partial charge is 0.324 e. The van der Waals surface area contributed by atoms with Crippen LogP contribution in [0.2, 0.25) is 0 Å². The van der Waals surface area contributed by atoms with Gasteiger partial charge >= 0.3 is 0 Å². The van der Waals surface area contributed by atoms with E-state index in [-0.39, 0.29) is 0 Å². The molecular weight excluding hydrogens is 274 g/mol. The zero-order valence-electron chi connectivity index (χ0n) is 11.8. The van der Waals surface area contributed by atoms with Crippen LogP contribution in [0.15, 0.2) is 67.4 Å². The highest BCUT2D eigenvalue weighted by Gasteiger charge is 2.08. The van der Waals surface area contributed by atoms with Crippen molar-refractivity contribution >= 4 is 10.9 Å². The van der Waals surface area contributed by atoms with Crippen molar-refractivity contribution in [2.45, 2.75) is 6.54 Å². The Morgan fingerprint density at radius 1 is 0.909 bits per heavy atom. The Morgan fingerprint density at radius 3 is 2.77 bits per heavy atom. The summed E-state index contributed by atoms with van der Waals surface area (Å²) in [6, 6.07) is 12.2. The van der Waals surface area contributed by atoms with E-state index in [0.29, 0.717) is 6.54 Å². The van der Waals surface area contributed by atoms with Crippen molar-refractivity contribution in [3.8, 4) is 11.5 Å². The number of fused-ring (bicyclic) bond motifs is 1. The number of hydrogen-bond acceptors (Lipinski definition) is 4. The molecule has 0 spiro atoms. The minimum absolute atomic E-state index is 0.650. The molecule has 3 heterocycles. The van der Waals surface area contributed by atoms with Crippen molar-refractivity contribution in [2.24, 2.45) is 0 Å². The molecule has 5 nitrogen and oxygen atoms in total. The van der Waals surface area contributed by atoms with Gasteiger partial charge in [0.15, 0.2) is 5.82 Å². The number of benzene rings is 1. The number of pyridine rings is 1. The lowest BCUT2D eigenvalue weighted by Crippen LogP contribution is -2.04. The van der Waals surface area contributed by atoms with Crippen molar-refractivity contribution in [1.82, 2.24) is 24.5 Å². The van der Waals surface area contributed by atoms with Gasteiger partial charge in [-0.15, -0.1) is 0 Å². The predicted molar refractivity (Wildman–Crippen MR) is 84.1 cm³/mol. The highest BCUT2D eigenvalue weighted by molar-refractivity contribution is 5.78. The SMILES string of the molecule is c1ccc2nc(Cn3ccnc3-c3cnccn3)ccc2c1. The quantitative estimate of drug-likeness (QED) is 0.581. The molecule has 1 aromatic carbocycles. The first-order chi connectivity index (χ1) is 10.9. The van der Waals surface area contributed by atoms with Crippen LogP contribution < -0.4 is 0 Å². The topological polar surface area (TPSA) is 56.5 Å². The Bertz CT molecular complexity index is 914. The first kappa shape index (κ1) is 12.6. The van der Waals surface area contributed by atoms with Gasteiger partial charge in [0.05, 0.1) is 24.0 Å². The molecule has 106 valence electrons. The second kappa shape index (κ2) is 5.37. The summed E-state index contributed by atoms with van der Waals surface area (Å²) < 4.78 is 2.03. The number of aromatic nitrogens is 5. The van der Waals surface area contributed by atoms with E-state index in [4.69, 9.17) is 4.98 Å². The van der Waals surface area contributed by atoms with E-state index in [1.54, 1.807) is 24.8 Å². The van der Waals surface area contributed by atoms with Gasteiger partial charge in [0, 0.05) is 30.2 Å². The minimum atomic E-state index is 0.650. The minimum Gasteiger partial charge on any atom is -0.324 e. The number of imidazole rings is 1. The van der Waals surface area contributed by atoms with Crippen LogP contribution in [0.5, 0.6) is 0 Å². The summed E-state index contributed by atoms with van der Waals surface area (Å²) in [5, 5.41) is 1.14. The fourth-order valence-corrected chi connectivity index (χ4v) is 2.46. The lowest BCUT2D eigenvalue weighted by atomic mass is 10.2. The number of nitrogens with zero attached hydrogens (tertiary/aromatic N) is 5. The van der Waals surface area contributed by atoms with Crippen LogP contribution in [0.1, 0.15) is 5.69 Å². The maximum atomic E-state index is 4.70. The van der Waals surface area contributed by atoms with Gasteiger partial charge in [-0.25, -0.2) is 9.97 Å². The molecule has 3 aromatic heterocycles. The van der Waals surface area contributed by atoms with E-state index < -0.39 is 0 Å². The molecule has 0 amide bonds. The Labute approximate surface area is 127 Å². The molecule has 0 atom stereocenters. The second-order valence-corrected chi connectivity index (χ2v) is 4.96. The fraction of sp³-hybridized carbons (Fsp3) is 0.0588. The van der Waals surface area contributed by atoms with E-state index >= 15 is 0 Å². The van der Waals surface area contributed by atoms with Gasteiger partial charge in [-0.3, -0.25) is 9.97 Å². The van der Waals surface area contributed by atoms with Gasteiger partial charge < -0.3 is 4.57 Å². The fourth-order valence-electron chi connectivity index (χ4n) is 2.46. The van der Waals surface area contributed by atoms with Gasteiger partial charge in [-0.2, -0.15) is 0 Å². The second-order valence-electron chi connectivity index (χ2n) is 4.96. The summed E-state index contributed by atoms with van der Waals surface area (Å²) in [7, 11) is 0. The molecule has 0 radical (unpaired) electrons. The number of rotatable bonds is 3. The third-order valence-electron chi connectivity index (χ3n) is 3.50. The number of para-hydroxylation sites is 1. The maximum Gasteiger partial charge on any atom is 0.160 e. The van der Waals surface area contributed by atoms with Crippen LogP contribution in [0.25, 0.3) is 22.4 Å². The Morgan fingerprint density at radius 2 is 1.86 bits per heavy atom. The van der Waals surface area contributed by atoms with Crippen molar-refractivity contribution in [1.29, 1.82) is 0 Å². The molecule has 0 saturated heterocycles. The molecule has 4 rings (SSSR count). The third kappa shape index (κ3) is 2.33. The van der Waals surface area contributed by atoms with Gasteiger partial charge in [0.25, 0.3) is 0 Å². The molecule has 0 saturated carbocycles. The Hall–Kier alpha value is -3.08.